The van der Waals surface area contributed by atoms with Gasteiger partial charge in [0, 0.05) is 10.5 Å². The summed E-state index contributed by atoms with van der Waals surface area (Å²) in [6.45, 7) is 1.92. The van der Waals surface area contributed by atoms with Crippen LogP contribution < -0.4 is 0 Å². The fourth-order valence-corrected chi connectivity index (χ4v) is 2.41. The van der Waals surface area contributed by atoms with Gasteiger partial charge >= 0.3 is 11.9 Å². The van der Waals surface area contributed by atoms with Crippen LogP contribution in [-0.4, -0.2) is 19.0 Å². The van der Waals surface area contributed by atoms with Crippen LogP contribution in [-0.2, 0) is 20.9 Å². The minimum atomic E-state index is -0.577. The summed E-state index contributed by atoms with van der Waals surface area (Å²) in [5, 5.41) is 0. The van der Waals surface area contributed by atoms with E-state index in [1.54, 1.807) is 12.1 Å². The molecule has 1 aromatic heterocycles. The second-order valence-electron chi connectivity index (χ2n) is 4.72. The van der Waals surface area contributed by atoms with Crippen molar-refractivity contribution in [3.63, 3.8) is 0 Å². The van der Waals surface area contributed by atoms with Gasteiger partial charge in [0.2, 0.25) is 5.76 Å². The van der Waals surface area contributed by atoms with E-state index < -0.39 is 11.9 Å². The molecule has 1 aromatic carbocycles. The Hall–Kier alpha value is -2.34. The van der Waals surface area contributed by atoms with Crippen molar-refractivity contribution in [2.24, 2.45) is 0 Å². The van der Waals surface area contributed by atoms with E-state index in [0.717, 1.165) is 15.6 Å². The summed E-state index contributed by atoms with van der Waals surface area (Å²) in [5.41, 5.74) is 1.99. The SMILES string of the molecule is COC(=O)c1ccc(COC(=O)/C=C/c2ccc(C)cc2Br)o1. The second kappa shape index (κ2) is 7.78. The van der Waals surface area contributed by atoms with E-state index in [1.165, 1.54) is 19.3 Å². The van der Waals surface area contributed by atoms with Gasteiger partial charge in [-0.2, -0.15) is 0 Å². The molecular formula is C17H15BrO5. The lowest BCUT2D eigenvalue weighted by atomic mass is 10.1. The minimum Gasteiger partial charge on any atom is -0.463 e. The number of benzene rings is 1. The molecule has 23 heavy (non-hydrogen) atoms. The van der Waals surface area contributed by atoms with Gasteiger partial charge in [-0.1, -0.05) is 28.1 Å². The first kappa shape index (κ1) is 17.0. The van der Waals surface area contributed by atoms with Crippen LogP contribution in [0.15, 0.2) is 45.3 Å². The van der Waals surface area contributed by atoms with Gasteiger partial charge in [0.05, 0.1) is 7.11 Å². The van der Waals surface area contributed by atoms with Crippen LogP contribution in [0.5, 0.6) is 0 Å². The molecule has 2 aromatic rings. The van der Waals surface area contributed by atoms with Crippen LogP contribution in [0.1, 0.15) is 27.4 Å². The number of rotatable bonds is 5. The second-order valence-corrected chi connectivity index (χ2v) is 5.58. The molecule has 0 atom stereocenters. The molecule has 0 aliphatic rings. The summed E-state index contributed by atoms with van der Waals surface area (Å²) in [6.07, 6.45) is 2.99. The number of methoxy groups -OCH3 is 1. The normalized spacial score (nSPS) is 10.7. The standard InChI is InChI=1S/C17H15BrO5/c1-11-3-4-12(14(18)9-11)5-8-16(19)22-10-13-6-7-15(23-13)17(20)21-2/h3-9H,10H2,1-2H3/b8-5+. The maximum atomic E-state index is 11.7. The van der Waals surface area contributed by atoms with Gasteiger partial charge in [-0.15, -0.1) is 0 Å². The van der Waals surface area contributed by atoms with Gasteiger partial charge in [0.1, 0.15) is 12.4 Å². The van der Waals surface area contributed by atoms with Gasteiger partial charge in [0.25, 0.3) is 0 Å². The number of carbonyl (C=O) groups is 2. The maximum Gasteiger partial charge on any atom is 0.373 e. The first-order valence-corrected chi connectivity index (χ1v) is 7.57. The highest BCUT2D eigenvalue weighted by molar-refractivity contribution is 9.10. The average molecular weight is 379 g/mol. The predicted molar refractivity (Wildman–Crippen MR) is 87.8 cm³/mol. The van der Waals surface area contributed by atoms with Gasteiger partial charge in [-0.3, -0.25) is 0 Å². The van der Waals surface area contributed by atoms with E-state index in [2.05, 4.69) is 20.7 Å². The first-order chi connectivity index (χ1) is 11.0. The van der Waals surface area contributed by atoms with E-state index >= 15 is 0 Å². The Balaban J connectivity index is 1.91. The molecule has 1 heterocycles. The van der Waals surface area contributed by atoms with Crippen molar-refractivity contribution in [2.75, 3.05) is 7.11 Å². The van der Waals surface area contributed by atoms with Crippen molar-refractivity contribution < 1.29 is 23.5 Å². The number of furan rings is 1. The van der Waals surface area contributed by atoms with Crippen molar-refractivity contribution in [2.45, 2.75) is 13.5 Å². The fraction of sp³-hybridized carbons (Fsp3) is 0.176. The third-order valence-electron chi connectivity index (χ3n) is 2.96. The molecule has 0 aliphatic carbocycles. The number of hydrogen-bond acceptors (Lipinski definition) is 5. The molecule has 0 bridgehead atoms. The topological polar surface area (TPSA) is 65.7 Å². The quantitative estimate of drug-likeness (QED) is 0.583. The van der Waals surface area contributed by atoms with E-state index in [-0.39, 0.29) is 12.4 Å². The highest BCUT2D eigenvalue weighted by Gasteiger charge is 2.11. The first-order valence-electron chi connectivity index (χ1n) is 6.77. The van der Waals surface area contributed by atoms with Crippen LogP contribution in [0.4, 0.5) is 0 Å². The van der Waals surface area contributed by atoms with Crippen LogP contribution in [0.3, 0.4) is 0 Å². The van der Waals surface area contributed by atoms with Crippen molar-refractivity contribution in [3.05, 3.63) is 63.5 Å². The van der Waals surface area contributed by atoms with E-state index in [4.69, 9.17) is 9.15 Å². The highest BCUT2D eigenvalue weighted by Crippen LogP contribution is 2.19. The Morgan fingerprint density at radius 3 is 2.74 bits per heavy atom. The zero-order valence-corrected chi connectivity index (χ0v) is 14.3. The highest BCUT2D eigenvalue weighted by atomic mass is 79.9. The van der Waals surface area contributed by atoms with Crippen molar-refractivity contribution in [3.8, 4) is 0 Å². The average Bonchev–Trinajstić information content (AvgIpc) is 3.00. The summed E-state index contributed by atoms with van der Waals surface area (Å²) in [5.74, 6) is -0.651. The maximum absolute atomic E-state index is 11.7. The molecule has 0 fully saturated rings. The summed E-state index contributed by atoms with van der Waals surface area (Å²) in [6, 6.07) is 8.83. The summed E-state index contributed by atoms with van der Waals surface area (Å²) >= 11 is 3.43. The van der Waals surface area contributed by atoms with E-state index in [1.807, 2.05) is 25.1 Å². The Labute approximate surface area is 142 Å². The van der Waals surface area contributed by atoms with Crippen LogP contribution >= 0.6 is 15.9 Å². The molecule has 0 unspecified atom stereocenters. The molecule has 0 amide bonds. The van der Waals surface area contributed by atoms with Gasteiger partial charge in [-0.05, 0) is 42.3 Å². The lowest BCUT2D eigenvalue weighted by molar-refractivity contribution is -0.139. The van der Waals surface area contributed by atoms with E-state index in [9.17, 15) is 9.59 Å². The molecule has 5 nitrogen and oxygen atoms in total. The van der Waals surface area contributed by atoms with Gasteiger partial charge < -0.3 is 13.9 Å². The zero-order chi connectivity index (χ0) is 16.8. The van der Waals surface area contributed by atoms with Crippen LogP contribution in [0, 0.1) is 6.92 Å². The Morgan fingerprint density at radius 1 is 1.26 bits per heavy atom. The smallest absolute Gasteiger partial charge is 0.373 e. The number of esters is 2. The molecule has 0 N–H and O–H groups in total. The largest absolute Gasteiger partial charge is 0.463 e. The molecular weight excluding hydrogens is 364 g/mol. The summed E-state index contributed by atoms with van der Waals surface area (Å²) in [4.78, 5) is 22.9. The third-order valence-corrected chi connectivity index (χ3v) is 3.65. The fourth-order valence-electron chi connectivity index (χ4n) is 1.78. The van der Waals surface area contributed by atoms with Crippen LogP contribution in [0.25, 0.3) is 6.08 Å². The third kappa shape index (κ3) is 4.82. The molecule has 2 rings (SSSR count). The number of halogens is 1. The molecule has 120 valence electrons. The van der Waals surface area contributed by atoms with Gasteiger partial charge in [-0.25, -0.2) is 9.59 Å². The molecule has 0 aliphatic heterocycles. The predicted octanol–water partition coefficient (Wildman–Crippen LogP) is 3.89. The number of ether oxygens (including phenoxy) is 2. The lowest BCUT2D eigenvalue weighted by Gasteiger charge is -2.01. The van der Waals surface area contributed by atoms with Crippen molar-refractivity contribution >= 4 is 33.9 Å². The summed E-state index contributed by atoms with van der Waals surface area (Å²) < 4.78 is 15.7. The zero-order valence-electron chi connectivity index (χ0n) is 12.7. The van der Waals surface area contributed by atoms with E-state index in [0.29, 0.717) is 5.76 Å². The molecule has 0 saturated carbocycles. The monoisotopic (exact) mass is 378 g/mol. The molecule has 6 heteroatoms. The number of aryl methyl sites for hydroxylation is 1. The summed E-state index contributed by atoms with van der Waals surface area (Å²) in [7, 11) is 1.26. The molecule has 0 spiro atoms. The number of hydrogen-bond donors (Lipinski definition) is 0. The lowest BCUT2D eigenvalue weighted by Crippen LogP contribution is -2.01. The Bertz CT molecular complexity index is 745. The van der Waals surface area contributed by atoms with Crippen LogP contribution in [0.2, 0.25) is 0 Å². The van der Waals surface area contributed by atoms with Crippen molar-refractivity contribution in [1.29, 1.82) is 0 Å². The van der Waals surface area contributed by atoms with Gasteiger partial charge in [0.15, 0.2) is 0 Å². The molecule has 0 saturated heterocycles. The Morgan fingerprint density at radius 2 is 2.04 bits per heavy atom. The minimum absolute atomic E-state index is 0.0603. The van der Waals surface area contributed by atoms with Crippen molar-refractivity contribution in [1.82, 2.24) is 0 Å². The number of carbonyl (C=O) groups excluding carboxylic acids is 2. The Kier molecular flexibility index (Phi) is 5.76. The molecule has 0 radical (unpaired) electrons.